The first-order valence-corrected chi connectivity index (χ1v) is 13.9. The van der Waals surface area contributed by atoms with E-state index in [0.717, 1.165) is 0 Å². The smallest absolute Gasteiger partial charge is 0.0203 e. The highest BCUT2D eigenvalue weighted by Crippen LogP contribution is 2.37. The van der Waals surface area contributed by atoms with Crippen LogP contribution in [0.1, 0.15) is 116 Å². The normalized spacial score (nSPS) is 32.2. The highest BCUT2D eigenvalue weighted by atomic mass is 15.4. The Morgan fingerprint density at radius 2 is 0.939 bits per heavy atom. The molecule has 0 aromatic heterocycles. The summed E-state index contributed by atoms with van der Waals surface area (Å²) in [5.41, 5.74) is 0.965. The molecule has 2 heterocycles. The number of nitrogens with zero attached hydrogens (tertiary/aromatic N) is 4. The summed E-state index contributed by atoms with van der Waals surface area (Å²) in [5, 5.41) is 0. The van der Waals surface area contributed by atoms with Crippen LogP contribution in [0.2, 0.25) is 0 Å². The Morgan fingerprint density at radius 1 is 0.545 bits per heavy atom. The highest BCUT2D eigenvalue weighted by molar-refractivity contribution is 5.01. The van der Waals surface area contributed by atoms with E-state index in [4.69, 9.17) is 0 Å². The predicted octanol–water partition coefficient (Wildman–Crippen LogP) is 6.10. The molecule has 1 unspecified atom stereocenters. The van der Waals surface area contributed by atoms with E-state index in [1.54, 1.807) is 0 Å². The molecule has 2 aliphatic heterocycles. The fraction of sp³-hybridized carbons (Fsp3) is 1.00. The molecule has 0 N–H and O–H groups in total. The Labute approximate surface area is 208 Å². The summed E-state index contributed by atoms with van der Waals surface area (Å²) in [6.07, 6.45) is 3.75. The van der Waals surface area contributed by atoms with Crippen molar-refractivity contribution >= 4 is 0 Å². The third kappa shape index (κ3) is 6.54. The summed E-state index contributed by atoms with van der Waals surface area (Å²) in [5.74, 6) is 0. The average molecular weight is 465 g/mol. The van der Waals surface area contributed by atoms with Gasteiger partial charge in [-0.15, -0.1) is 0 Å². The van der Waals surface area contributed by atoms with Crippen molar-refractivity contribution in [3.05, 3.63) is 0 Å². The zero-order chi connectivity index (χ0) is 25.6. The Morgan fingerprint density at radius 3 is 1.30 bits per heavy atom. The van der Waals surface area contributed by atoms with Gasteiger partial charge in [0.2, 0.25) is 0 Å². The van der Waals surface area contributed by atoms with Gasteiger partial charge < -0.3 is 0 Å². The van der Waals surface area contributed by atoms with E-state index in [0.29, 0.717) is 24.2 Å². The molecule has 0 saturated carbocycles. The Bertz CT molecular complexity index is 607. The van der Waals surface area contributed by atoms with E-state index in [2.05, 4.69) is 117 Å². The minimum atomic E-state index is 0.212. The van der Waals surface area contributed by atoms with Crippen molar-refractivity contribution < 1.29 is 0 Å². The first kappa shape index (κ1) is 29.1. The van der Waals surface area contributed by atoms with Crippen LogP contribution in [0.15, 0.2) is 0 Å². The van der Waals surface area contributed by atoms with Gasteiger partial charge in [0.15, 0.2) is 0 Å². The molecule has 2 saturated heterocycles. The molecule has 2 rings (SSSR count). The average Bonchev–Trinajstić information content (AvgIpc) is 2.63. The van der Waals surface area contributed by atoms with Crippen LogP contribution in [0.4, 0.5) is 0 Å². The lowest BCUT2D eigenvalue weighted by Crippen LogP contribution is -2.67. The fourth-order valence-corrected chi connectivity index (χ4v) is 7.41. The summed E-state index contributed by atoms with van der Waals surface area (Å²) < 4.78 is 0. The van der Waals surface area contributed by atoms with Crippen molar-refractivity contribution in [3.63, 3.8) is 0 Å². The summed E-state index contributed by atoms with van der Waals surface area (Å²) in [4.78, 5) is 11.1. The summed E-state index contributed by atoms with van der Waals surface area (Å²) in [6, 6.07) is 2.37. The molecule has 0 amide bonds. The molecule has 2 aliphatic rings. The van der Waals surface area contributed by atoms with Crippen molar-refractivity contribution in [2.45, 2.75) is 163 Å². The zero-order valence-electron chi connectivity index (χ0n) is 25.0. The Balaban J connectivity index is 2.11. The van der Waals surface area contributed by atoms with E-state index >= 15 is 0 Å². The van der Waals surface area contributed by atoms with Crippen LogP contribution in [0, 0.1) is 0 Å². The molecular formula is C29H60N4. The lowest BCUT2D eigenvalue weighted by atomic mass is 9.81. The van der Waals surface area contributed by atoms with Crippen LogP contribution in [0.5, 0.6) is 0 Å². The molecule has 0 aromatic carbocycles. The quantitative estimate of drug-likeness (QED) is 0.471. The third-order valence-corrected chi connectivity index (χ3v) is 9.06. The maximum Gasteiger partial charge on any atom is 0.0203 e. The summed E-state index contributed by atoms with van der Waals surface area (Å²) >= 11 is 0. The van der Waals surface area contributed by atoms with Crippen LogP contribution >= 0.6 is 0 Å². The summed E-state index contributed by atoms with van der Waals surface area (Å²) in [7, 11) is 0. The van der Waals surface area contributed by atoms with Crippen molar-refractivity contribution in [1.82, 2.24) is 19.6 Å². The molecule has 0 bridgehead atoms. The number of rotatable bonds is 6. The molecule has 4 nitrogen and oxygen atoms in total. The van der Waals surface area contributed by atoms with Crippen molar-refractivity contribution in [3.8, 4) is 0 Å². The summed E-state index contributed by atoms with van der Waals surface area (Å²) in [6.45, 7) is 38.7. The second kappa shape index (κ2) is 10.1. The standard InChI is InChI=1S/C29H60N4/c1-15-29(14,31-20-22(2)32(23(3)21-31)27(9,10)11)17-16-28(12,13)33-24(4)18-30(19-25(33)5)26(6,7)8/h22-25H,15-21H2,1-14H3/t22-,23+,24-,25-,29?/m1/s1. The first-order chi connectivity index (χ1) is 14.8. The Kier molecular flexibility index (Phi) is 8.87. The van der Waals surface area contributed by atoms with Crippen LogP contribution in [-0.4, -0.2) is 92.1 Å². The molecule has 0 spiro atoms. The molecule has 4 heteroatoms. The van der Waals surface area contributed by atoms with Gasteiger partial charge in [0, 0.05) is 72.5 Å². The second-order valence-electron chi connectivity index (χ2n) is 14.5. The largest absolute Gasteiger partial charge is 0.295 e. The zero-order valence-corrected chi connectivity index (χ0v) is 25.0. The lowest BCUT2D eigenvalue weighted by Gasteiger charge is -2.57. The number of hydrogen-bond donors (Lipinski definition) is 0. The van der Waals surface area contributed by atoms with Gasteiger partial charge in [0.1, 0.15) is 0 Å². The second-order valence-corrected chi connectivity index (χ2v) is 14.5. The van der Waals surface area contributed by atoms with Crippen LogP contribution < -0.4 is 0 Å². The monoisotopic (exact) mass is 464 g/mol. The van der Waals surface area contributed by atoms with Gasteiger partial charge in [-0.2, -0.15) is 0 Å². The SMILES string of the molecule is CCC(C)(CCC(C)(C)N1[C@H](C)CN(C(C)(C)C)C[C@H]1C)N1C[C@@H](C)N(C(C)(C)C)[C@@H](C)C1. The van der Waals surface area contributed by atoms with Gasteiger partial charge in [-0.25, -0.2) is 0 Å². The van der Waals surface area contributed by atoms with Crippen molar-refractivity contribution in [1.29, 1.82) is 0 Å². The molecular weight excluding hydrogens is 404 g/mol. The maximum absolute atomic E-state index is 2.84. The fourth-order valence-electron chi connectivity index (χ4n) is 7.41. The molecule has 196 valence electrons. The lowest BCUT2D eigenvalue weighted by molar-refractivity contribution is -0.0771. The minimum absolute atomic E-state index is 0.212. The van der Waals surface area contributed by atoms with Gasteiger partial charge in [-0.05, 0) is 109 Å². The molecule has 2 fully saturated rings. The predicted molar refractivity (Wildman–Crippen MR) is 146 cm³/mol. The van der Waals surface area contributed by atoms with Gasteiger partial charge in [0.25, 0.3) is 0 Å². The first-order valence-electron chi connectivity index (χ1n) is 13.9. The van der Waals surface area contributed by atoms with E-state index in [9.17, 15) is 0 Å². The molecule has 0 aromatic rings. The highest BCUT2D eigenvalue weighted by Gasteiger charge is 2.44. The van der Waals surface area contributed by atoms with Gasteiger partial charge in [-0.1, -0.05) is 6.92 Å². The molecule has 5 atom stereocenters. The maximum atomic E-state index is 2.84. The molecule has 0 aliphatic carbocycles. The van der Waals surface area contributed by atoms with E-state index in [1.165, 1.54) is 45.4 Å². The van der Waals surface area contributed by atoms with E-state index in [-0.39, 0.29) is 22.2 Å². The third-order valence-electron chi connectivity index (χ3n) is 9.06. The van der Waals surface area contributed by atoms with E-state index < -0.39 is 0 Å². The molecule has 33 heavy (non-hydrogen) atoms. The van der Waals surface area contributed by atoms with Gasteiger partial charge in [-0.3, -0.25) is 19.6 Å². The number of hydrogen-bond acceptors (Lipinski definition) is 4. The number of piperazine rings is 2. The van der Waals surface area contributed by atoms with Gasteiger partial charge >= 0.3 is 0 Å². The van der Waals surface area contributed by atoms with Gasteiger partial charge in [0.05, 0.1) is 0 Å². The van der Waals surface area contributed by atoms with Crippen molar-refractivity contribution in [2.75, 3.05) is 26.2 Å². The van der Waals surface area contributed by atoms with Crippen LogP contribution in [-0.2, 0) is 0 Å². The van der Waals surface area contributed by atoms with Crippen LogP contribution in [0.3, 0.4) is 0 Å². The topological polar surface area (TPSA) is 13.0 Å². The van der Waals surface area contributed by atoms with Crippen LogP contribution in [0.25, 0.3) is 0 Å². The molecule has 0 radical (unpaired) electrons. The Hall–Kier alpha value is -0.160. The van der Waals surface area contributed by atoms with E-state index in [1.807, 2.05) is 0 Å². The van der Waals surface area contributed by atoms with Crippen molar-refractivity contribution in [2.24, 2.45) is 0 Å². The minimum Gasteiger partial charge on any atom is -0.295 e.